The van der Waals surface area contributed by atoms with Crippen molar-refractivity contribution in [3.8, 4) is 0 Å². The van der Waals surface area contributed by atoms with Gasteiger partial charge in [0.1, 0.15) is 18.3 Å². The van der Waals surface area contributed by atoms with E-state index in [0.717, 1.165) is 0 Å². The molecule has 1 aliphatic carbocycles. The van der Waals surface area contributed by atoms with E-state index in [4.69, 9.17) is 14.2 Å². The number of ether oxygens (including phenoxy) is 3. The van der Waals surface area contributed by atoms with E-state index in [1.165, 1.54) is 0 Å². The highest BCUT2D eigenvalue weighted by molar-refractivity contribution is 5.77. The maximum Gasteiger partial charge on any atom is 0.309 e. The van der Waals surface area contributed by atoms with Gasteiger partial charge in [-0.2, -0.15) is 0 Å². The molecule has 2 bridgehead atoms. The Kier molecular flexibility index (Phi) is 2.70. The fourth-order valence-electron chi connectivity index (χ4n) is 4.37. The quantitative estimate of drug-likeness (QED) is 0.515. The molecule has 0 radical (unpaired) electrons. The lowest BCUT2D eigenvalue weighted by Gasteiger charge is -2.26. The number of fused-ring (bicyclic) bond motifs is 5. The number of carbonyl (C=O) groups excluding carboxylic acids is 2. The Bertz CT molecular complexity index is 504. The monoisotopic (exact) mass is 296 g/mol. The van der Waals surface area contributed by atoms with Gasteiger partial charge in [0.2, 0.25) is 0 Å². The Labute approximate surface area is 122 Å². The molecule has 6 heteroatoms. The molecule has 4 rings (SSSR count). The molecule has 8 atom stereocenters. The maximum atomic E-state index is 12.0. The number of hydrogen-bond donors (Lipinski definition) is 1. The van der Waals surface area contributed by atoms with Crippen molar-refractivity contribution in [2.24, 2.45) is 17.8 Å². The topological polar surface area (TPSA) is 85.4 Å². The Balaban J connectivity index is 1.68. The maximum absolute atomic E-state index is 12.0. The van der Waals surface area contributed by atoms with Gasteiger partial charge >= 0.3 is 11.9 Å². The predicted octanol–water partition coefficient (Wildman–Crippen LogP) is 0.408. The van der Waals surface area contributed by atoms with E-state index in [0.29, 0.717) is 19.3 Å². The summed E-state index contributed by atoms with van der Waals surface area (Å²) in [5.41, 5.74) is -0.466. The van der Waals surface area contributed by atoms with Crippen LogP contribution in [0.5, 0.6) is 0 Å². The van der Waals surface area contributed by atoms with Crippen LogP contribution in [0.4, 0.5) is 0 Å². The Morgan fingerprint density at radius 1 is 1.14 bits per heavy atom. The summed E-state index contributed by atoms with van der Waals surface area (Å²) in [7, 11) is 0. The van der Waals surface area contributed by atoms with Crippen LogP contribution in [0.15, 0.2) is 0 Å². The van der Waals surface area contributed by atoms with Crippen molar-refractivity contribution in [2.75, 3.05) is 0 Å². The van der Waals surface area contributed by atoms with Crippen LogP contribution in [0.1, 0.15) is 33.1 Å². The smallest absolute Gasteiger partial charge is 0.309 e. The third-order valence-corrected chi connectivity index (χ3v) is 5.62. The molecule has 1 saturated carbocycles. The van der Waals surface area contributed by atoms with Crippen molar-refractivity contribution in [1.82, 2.24) is 0 Å². The zero-order valence-electron chi connectivity index (χ0n) is 12.2. The summed E-state index contributed by atoms with van der Waals surface area (Å²) in [6.07, 6.45) is -0.0641. The second-order valence-electron chi connectivity index (χ2n) is 7.11. The van der Waals surface area contributed by atoms with Crippen LogP contribution in [0.25, 0.3) is 0 Å². The molecule has 0 unspecified atom stereocenters. The molecular formula is C15H20O6. The highest BCUT2D eigenvalue weighted by Crippen LogP contribution is 2.50. The van der Waals surface area contributed by atoms with Crippen LogP contribution in [-0.2, 0) is 23.8 Å². The van der Waals surface area contributed by atoms with Crippen LogP contribution in [0.3, 0.4) is 0 Å². The number of epoxide rings is 1. The lowest BCUT2D eigenvalue weighted by molar-refractivity contribution is -0.147. The van der Waals surface area contributed by atoms with Crippen LogP contribution >= 0.6 is 0 Å². The largest absolute Gasteiger partial charge is 0.462 e. The predicted molar refractivity (Wildman–Crippen MR) is 69.0 cm³/mol. The summed E-state index contributed by atoms with van der Waals surface area (Å²) in [6.45, 7) is 3.77. The summed E-state index contributed by atoms with van der Waals surface area (Å²) in [5, 5.41) is 10.2. The summed E-state index contributed by atoms with van der Waals surface area (Å²) in [4.78, 5) is 23.9. The fourth-order valence-corrected chi connectivity index (χ4v) is 4.37. The zero-order chi connectivity index (χ0) is 14.9. The van der Waals surface area contributed by atoms with Crippen molar-refractivity contribution < 1.29 is 28.9 Å². The SMILES string of the molecule is C[C@@H]1C(=O)O[C@H]2C[C@@]3(C)O[C@H]3[C@@H](O)C[C@@H]3C[C@@H](OC3=O)[C@H]21. The molecule has 0 aromatic rings. The van der Waals surface area contributed by atoms with E-state index in [-0.39, 0.29) is 48.0 Å². The molecule has 0 spiro atoms. The van der Waals surface area contributed by atoms with Gasteiger partial charge in [0.05, 0.1) is 23.5 Å². The number of aliphatic hydroxyl groups excluding tert-OH is 1. The minimum atomic E-state index is -0.669. The van der Waals surface area contributed by atoms with Gasteiger partial charge in [-0.3, -0.25) is 9.59 Å². The number of aliphatic hydroxyl groups is 1. The molecule has 0 aromatic carbocycles. The Morgan fingerprint density at radius 3 is 2.62 bits per heavy atom. The number of rotatable bonds is 0. The van der Waals surface area contributed by atoms with Gasteiger partial charge in [0.15, 0.2) is 0 Å². The van der Waals surface area contributed by atoms with E-state index < -0.39 is 11.7 Å². The lowest BCUT2D eigenvalue weighted by Crippen LogP contribution is -2.36. The molecule has 0 aromatic heterocycles. The lowest BCUT2D eigenvalue weighted by atomic mass is 9.78. The first-order valence-corrected chi connectivity index (χ1v) is 7.66. The second-order valence-corrected chi connectivity index (χ2v) is 7.11. The first-order chi connectivity index (χ1) is 9.89. The minimum Gasteiger partial charge on any atom is -0.462 e. The van der Waals surface area contributed by atoms with Crippen LogP contribution in [0.2, 0.25) is 0 Å². The molecular weight excluding hydrogens is 276 g/mol. The summed E-state index contributed by atoms with van der Waals surface area (Å²) < 4.78 is 16.7. The molecule has 0 amide bonds. The average Bonchev–Trinajstić information content (AvgIpc) is 2.83. The first kappa shape index (κ1) is 13.5. The molecule has 21 heavy (non-hydrogen) atoms. The highest BCUT2D eigenvalue weighted by atomic mass is 16.6. The molecule has 3 saturated heterocycles. The van der Waals surface area contributed by atoms with Gasteiger partial charge in [-0.15, -0.1) is 0 Å². The van der Waals surface area contributed by atoms with E-state index in [1.807, 2.05) is 13.8 Å². The molecule has 3 aliphatic heterocycles. The second kappa shape index (κ2) is 4.20. The van der Waals surface area contributed by atoms with Crippen LogP contribution in [-0.4, -0.2) is 47.1 Å². The molecule has 116 valence electrons. The number of esters is 2. The molecule has 3 heterocycles. The van der Waals surface area contributed by atoms with E-state index in [9.17, 15) is 14.7 Å². The van der Waals surface area contributed by atoms with Crippen molar-refractivity contribution in [2.45, 2.75) is 63.1 Å². The summed E-state index contributed by atoms with van der Waals surface area (Å²) in [5.74, 6) is -1.18. The Hall–Kier alpha value is -1.14. The third kappa shape index (κ3) is 1.92. The van der Waals surface area contributed by atoms with Crippen LogP contribution in [0, 0.1) is 17.8 Å². The normalized spacial score (nSPS) is 55.3. The first-order valence-electron chi connectivity index (χ1n) is 7.66. The standard InChI is InChI=1S/C15H20O6/c1-6-11-9-4-7(14(18)19-9)3-8(16)12-15(2,21-12)5-10(11)20-13(6)17/h6-12,16H,3-5H2,1-2H3/t6-,7+,8-,9+,10-,11+,12-,15+/m0/s1. The van der Waals surface area contributed by atoms with Gasteiger partial charge in [0.25, 0.3) is 0 Å². The molecule has 4 aliphatic rings. The van der Waals surface area contributed by atoms with Crippen molar-refractivity contribution in [3.63, 3.8) is 0 Å². The van der Waals surface area contributed by atoms with Crippen molar-refractivity contribution in [1.29, 1.82) is 0 Å². The fraction of sp³-hybridized carbons (Fsp3) is 0.867. The minimum absolute atomic E-state index is 0.108. The number of carbonyl (C=O) groups is 2. The Morgan fingerprint density at radius 2 is 1.86 bits per heavy atom. The van der Waals surface area contributed by atoms with Gasteiger partial charge in [-0.1, -0.05) is 6.92 Å². The van der Waals surface area contributed by atoms with Gasteiger partial charge in [-0.05, 0) is 19.8 Å². The van der Waals surface area contributed by atoms with Crippen LogP contribution < -0.4 is 0 Å². The van der Waals surface area contributed by atoms with E-state index >= 15 is 0 Å². The number of hydrogen-bond acceptors (Lipinski definition) is 6. The third-order valence-electron chi connectivity index (χ3n) is 5.62. The summed E-state index contributed by atoms with van der Waals surface area (Å²) >= 11 is 0. The van der Waals surface area contributed by atoms with Gasteiger partial charge in [-0.25, -0.2) is 0 Å². The molecule has 4 fully saturated rings. The highest BCUT2D eigenvalue weighted by Gasteiger charge is 2.62. The zero-order valence-corrected chi connectivity index (χ0v) is 12.2. The average molecular weight is 296 g/mol. The van der Waals surface area contributed by atoms with Gasteiger partial charge < -0.3 is 19.3 Å². The van der Waals surface area contributed by atoms with Crippen molar-refractivity contribution >= 4 is 11.9 Å². The van der Waals surface area contributed by atoms with E-state index in [1.54, 1.807) is 0 Å². The van der Waals surface area contributed by atoms with Gasteiger partial charge in [0, 0.05) is 12.3 Å². The molecule has 6 nitrogen and oxygen atoms in total. The molecule has 1 N–H and O–H groups in total. The summed E-state index contributed by atoms with van der Waals surface area (Å²) in [6, 6.07) is 0. The van der Waals surface area contributed by atoms with E-state index in [2.05, 4.69) is 0 Å². The van der Waals surface area contributed by atoms with Crippen molar-refractivity contribution in [3.05, 3.63) is 0 Å².